The normalized spacial score (nSPS) is 22.3. The van der Waals surface area contributed by atoms with Crippen molar-refractivity contribution >= 4 is 36.1 Å². The number of ether oxygens (including phenoxy) is 3. The molecule has 7 atom stereocenters. The summed E-state index contributed by atoms with van der Waals surface area (Å²) in [7, 11) is 0. The second-order valence-corrected chi connectivity index (χ2v) is 27.8. The Morgan fingerprint density at radius 3 is 1.35 bits per heavy atom. The van der Waals surface area contributed by atoms with Gasteiger partial charge < -0.3 is 51.1 Å². The van der Waals surface area contributed by atoms with E-state index < -0.39 is 41.1 Å². The number of carbonyl (C=O) groups is 6. The number of carbonyl (C=O) groups excluding carboxylic acids is 5. The molecule has 5 rings (SSSR count). The molecule has 4 bridgehead atoms. The van der Waals surface area contributed by atoms with Crippen molar-refractivity contribution in [1.29, 1.82) is 0 Å². The molecule has 472 valence electrons. The van der Waals surface area contributed by atoms with Crippen molar-refractivity contribution in [2.45, 2.75) is 297 Å². The Bertz CT molecular complexity index is 2160. The molecule has 1 aromatic carbocycles. The van der Waals surface area contributed by atoms with Gasteiger partial charge in [-0.25, -0.2) is 14.4 Å². The molecule has 4 fully saturated rings. The number of nitrogens with one attached hydrogen (secondary N) is 5. The Morgan fingerprint density at radius 2 is 0.964 bits per heavy atom. The molecule has 18 nitrogen and oxygen atoms in total. The topological polar surface area (TPSA) is 237 Å². The molecule has 4 aliphatic heterocycles. The van der Waals surface area contributed by atoms with Gasteiger partial charge in [-0.3, -0.25) is 19.3 Å². The van der Waals surface area contributed by atoms with Crippen molar-refractivity contribution in [2.24, 2.45) is 17.8 Å². The Balaban J connectivity index is 0.000000342. The van der Waals surface area contributed by atoms with Gasteiger partial charge in [-0.15, -0.1) is 0 Å². The molecule has 0 aromatic heterocycles. The summed E-state index contributed by atoms with van der Waals surface area (Å²) in [5.74, 6) is 0.480. The molecule has 0 spiro atoms. The molecular weight excluding hydrogens is 1050 g/mol. The summed E-state index contributed by atoms with van der Waals surface area (Å²) in [6, 6.07) is 12.1. The maximum absolute atomic E-state index is 12.7. The fourth-order valence-corrected chi connectivity index (χ4v) is 11.5. The van der Waals surface area contributed by atoms with E-state index in [-0.39, 0.29) is 66.9 Å². The van der Waals surface area contributed by atoms with Crippen LogP contribution >= 0.6 is 0 Å². The minimum absolute atomic E-state index is 0.0173. The highest BCUT2D eigenvalue weighted by molar-refractivity contribution is 5.78. The van der Waals surface area contributed by atoms with Crippen molar-refractivity contribution in [3.05, 3.63) is 60.2 Å². The number of hydroxylamine groups is 2. The van der Waals surface area contributed by atoms with Crippen LogP contribution in [0.3, 0.4) is 0 Å². The molecule has 4 heterocycles. The zero-order chi connectivity index (χ0) is 62.1. The first kappa shape index (κ1) is 72.1. The molecule has 0 aliphatic carbocycles. The summed E-state index contributed by atoms with van der Waals surface area (Å²) in [5.41, 5.74) is -0.232. The van der Waals surface area contributed by atoms with E-state index in [4.69, 9.17) is 19.3 Å². The monoisotopic (exact) mass is 1170 g/mol. The number of nitrogens with zero attached hydrogens (tertiary/aromatic N) is 2. The average Bonchev–Trinajstić information content (AvgIpc) is 3.53. The zero-order valence-corrected chi connectivity index (χ0v) is 53.5. The third-order valence-corrected chi connectivity index (χ3v) is 14.6. The summed E-state index contributed by atoms with van der Waals surface area (Å²) in [6.07, 6.45) is 21.0. The van der Waals surface area contributed by atoms with Crippen molar-refractivity contribution < 1.29 is 53.3 Å². The third kappa shape index (κ3) is 32.0. The van der Waals surface area contributed by atoms with Crippen LogP contribution < -0.4 is 26.6 Å². The van der Waals surface area contributed by atoms with Gasteiger partial charge in [0.05, 0.1) is 12.1 Å². The van der Waals surface area contributed by atoms with E-state index in [1.165, 1.54) is 29.9 Å². The Kier molecular flexibility index (Phi) is 30.7. The third-order valence-electron chi connectivity index (χ3n) is 14.6. The van der Waals surface area contributed by atoms with Gasteiger partial charge in [0.1, 0.15) is 16.8 Å². The molecule has 7 N–H and O–H groups in total. The highest BCUT2D eigenvalue weighted by Crippen LogP contribution is 2.36. The summed E-state index contributed by atoms with van der Waals surface area (Å²) < 4.78 is 15.9. The van der Waals surface area contributed by atoms with Gasteiger partial charge in [-0.2, -0.15) is 5.06 Å². The number of benzene rings is 1. The van der Waals surface area contributed by atoms with Crippen LogP contribution in [0.5, 0.6) is 0 Å². The average molecular weight is 1170 g/mol. The van der Waals surface area contributed by atoms with Crippen LogP contribution in [0.25, 0.3) is 0 Å². The fraction of sp³-hybridized carbons (Fsp3) is 0.754. The van der Waals surface area contributed by atoms with E-state index in [0.717, 1.165) is 70.8 Å². The van der Waals surface area contributed by atoms with Crippen molar-refractivity contribution in [2.75, 3.05) is 0 Å². The number of carboxylic acids is 1. The van der Waals surface area contributed by atoms with Gasteiger partial charge in [-0.1, -0.05) is 109 Å². The van der Waals surface area contributed by atoms with Gasteiger partial charge >= 0.3 is 24.2 Å². The number of hydrogen-bond acceptors (Lipinski definition) is 12. The Morgan fingerprint density at radius 1 is 0.578 bits per heavy atom. The van der Waals surface area contributed by atoms with Gasteiger partial charge in [0.15, 0.2) is 0 Å². The fourth-order valence-electron chi connectivity index (χ4n) is 11.5. The minimum Gasteiger partial charge on any atom is -0.481 e. The summed E-state index contributed by atoms with van der Waals surface area (Å²) >= 11 is 0. The predicted octanol–water partition coefficient (Wildman–Crippen LogP) is 12.5. The van der Waals surface area contributed by atoms with Crippen molar-refractivity contribution in [3.8, 4) is 0 Å². The standard InChI is InChI=1S/C29H45N3O3.C22H39N3O4.C14H27NO4/c1-21(2)17-23(31-28(34)35-29(3,4)5)13-9-16-27(33)30-24-18-25-14-10-15-26(19-24)32(25)20-22-11-7-6-8-12-22;1-15(2)12-16(24-21(27)29-22(3,4)5)8-6-11-20(26)23-17-13-18-9-7-10-19(14-17)25(18)28;1-10(2)9-11(7-6-8-12(16)17)15-13(18)19-14(3,4)5/h6-9,11-13,21,23-26H,10,14-20H2,1-5H3,(H,30,33)(H,31,34);6,8,15-19,28H,7,9-14H2,1-5H3,(H,23,26)(H,24,27);10-11H,6-9H2,1-5H3,(H,15,18)(H,16,17)/b13-9+;8-6+;/t23-,24?,25?,26?;16-,17?,18?,19?;11-/m111/s1. The van der Waals surface area contributed by atoms with Crippen LogP contribution in [0.2, 0.25) is 0 Å². The highest BCUT2D eigenvalue weighted by atomic mass is 16.6. The van der Waals surface area contributed by atoms with Crippen molar-refractivity contribution in [1.82, 2.24) is 36.5 Å². The first-order valence-electron chi connectivity index (χ1n) is 31.1. The van der Waals surface area contributed by atoms with E-state index in [1.54, 1.807) is 0 Å². The maximum atomic E-state index is 12.7. The number of amides is 5. The van der Waals surface area contributed by atoms with Crippen LogP contribution in [0, 0.1) is 17.8 Å². The van der Waals surface area contributed by atoms with Crippen molar-refractivity contribution in [3.63, 3.8) is 0 Å². The first-order chi connectivity index (χ1) is 38.7. The van der Waals surface area contributed by atoms with Crippen LogP contribution in [0.15, 0.2) is 54.6 Å². The summed E-state index contributed by atoms with van der Waals surface area (Å²) in [5, 5.41) is 35.3. The van der Waals surface area contributed by atoms with Gasteiger partial charge in [0, 0.05) is 68.1 Å². The Hall–Kier alpha value is -5.20. The first-order valence-corrected chi connectivity index (χ1v) is 31.1. The number of alkyl carbamates (subject to hydrolysis) is 3. The predicted molar refractivity (Wildman–Crippen MR) is 328 cm³/mol. The summed E-state index contributed by atoms with van der Waals surface area (Å²) in [4.78, 5) is 74.2. The molecule has 5 amide bonds. The SMILES string of the molecule is CC(C)C[C@@H](/C=C/CC(=O)NC1CC2CCCC(C1)N2Cc1ccccc1)NC(=O)OC(C)(C)C.CC(C)C[C@@H](/C=C/CC(=O)NC1CC2CCCC(C1)N2O)NC(=O)OC(C)(C)C.CC(C)C[C@@H](CCCC(=O)O)NC(=O)OC(C)(C)C. The van der Waals surface area contributed by atoms with Crippen LogP contribution in [-0.2, 0) is 35.1 Å². The molecule has 4 unspecified atom stereocenters. The van der Waals surface area contributed by atoms with Crippen LogP contribution in [0.1, 0.15) is 225 Å². The number of rotatable bonds is 23. The van der Waals surface area contributed by atoms with E-state index >= 15 is 0 Å². The second-order valence-electron chi connectivity index (χ2n) is 27.8. The summed E-state index contributed by atoms with van der Waals surface area (Å²) in [6.45, 7) is 30.1. The molecule has 0 radical (unpaired) electrons. The van der Waals surface area contributed by atoms with Crippen LogP contribution in [-0.4, -0.2) is 128 Å². The quantitative estimate of drug-likeness (QED) is 0.0399. The molecule has 0 saturated carbocycles. The second kappa shape index (κ2) is 35.3. The number of aliphatic carboxylic acids is 1. The smallest absolute Gasteiger partial charge is 0.408 e. The maximum Gasteiger partial charge on any atom is 0.408 e. The molecular formula is C65H111N7O11. The minimum atomic E-state index is -0.805. The van der Waals surface area contributed by atoms with E-state index in [1.807, 2.05) is 86.6 Å². The lowest BCUT2D eigenvalue weighted by Crippen LogP contribution is -2.56. The number of fused-ring (bicyclic) bond motifs is 4. The molecule has 1 aromatic rings. The van der Waals surface area contributed by atoms with E-state index in [2.05, 4.69) is 103 Å². The lowest BCUT2D eigenvalue weighted by molar-refractivity contribution is -0.198. The largest absolute Gasteiger partial charge is 0.481 e. The number of hydrogen-bond donors (Lipinski definition) is 7. The number of carboxylic acid groups (broad SMARTS) is 1. The lowest BCUT2D eigenvalue weighted by Gasteiger charge is -2.49. The van der Waals surface area contributed by atoms with Gasteiger partial charge in [-0.05, 0) is 169 Å². The zero-order valence-electron chi connectivity index (χ0n) is 53.5. The molecule has 4 saturated heterocycles. The van der Waals surface area contributed by atoms with Gasteiger partial charge in [0.25, 0.3) is 0 Å². The highest BCUT2D eigenvalue weighted by Gasteiger charge is 2.40. The Labute approximate surface area is 499 Å². The van der Waals surface area contributed by atoms with Gasteiger partial charge in [0.2, 0.25) is 11.8 Å². The molecule has 4 aliphatic rings. The molecule has 18 heteroatoms. The van der Waals surface area contributed by atoms with Crippen LogP contribution in [0.4, 0.5) is 14.4 Å². The molecule has 83 heavy (non-hydrogen) atoms. The lowest BCUT2D eigenvalue weighted by atomic mass is 9.81. The number of piperidine rings is 4. The van der Waals surface area contributed by atoms with E-state index in [9.17, 15) is 34.0 Å². The van der Waals surface area contributed by atoms with E-state index in [0.29, 0.717) is 49.1 Å².